The van der Waals surface area contributed by atoms with Crippen LogP contribution in [0.5, 0.6) is 0 Å². The zero-order valence-corrected chi connectivity index (χ0v) is 7.58. The molecule has 0 aromatic heterocycles. The molecule has 2 nitrogen and oxygen atoms in total. The average Bonchev–Trinajstić information content (AvgIpc) is 1.85. The molecule has 0 heterocycles. The molecule has 62 valence electrons. The van der Waals surface area contributed by atoms with E-state index in [0.29, 0.717) is 5.02 Å². The molecule has 0 saturated carbocycles. The van der Waals surface area contributed by atoms with Gasteiger partial charge in [-0.3, -0.25) is 0 Å². The molecule has 0 bridgehead atoms. The average molecular weight is 235 g/mol. The maximum atomic E-state index is 10.5. The molecule has 1 aromatic carbocycles. The Balaban J connectivity index is 0.00000121. The van der Waals surface area contributed by atoms with Crippen LogP contribution in [-0.4, -0.2) is 38.3 Å². The van der Waals surface area contributed by atoms with Gasteiger partial charge in [0.05, 0.1) is 9.92 Å². The Labute approximate surface area is 105 Å². The Hall–Kier alpha value is 0.910. The van der Waals surface area contributed by atoms with Crippen molar-refractivity contribution < 1.29 is 8.76 Å². The molecule has 0 aliphatic rings. The summed E-state index contributed by atoms with van der Waals surface area (Å²) in [6.45, 7) is 0. The minimum absolute atomic E-state index is 0. The fraction of sp³-hybridized carbons (Fsp3) is 0. The van der Waals surface area contributed by atoms with Gasteiger partial charge in [0.2, 0.25) is 0 Å². The van der Waals surface area contributed by atoms with Crippen molar-refractivity contribution in [2.24, 2.45) is 0 Å². The molecule has 12 heavy (non-hydrogen) atoms. The molecule has 0 spiro atoms. The predicted molar refractivity (Wildman–Crippen MR) is 52.6 cm³/mol. The van der Waals surface area contributed by atoms with E-state index < -0.39 is 11.1 Å². The first-order valence-corrected chi connectivity index (χ1v) is 4.53. The molecule has 1 aromatic rings. The summed E-state index contributed by atoms with van der Waals surface area (Å²) in [5, 5.41) is 0.655. The van der Waals surface area contributed by atoms with E-state index in [-0.39, 0.29) is 39.5 Å². The quantitative estimate of drug-likeness (QED) is 0.596. The Kier molecular flexibility index (Phi) is 6.03. The number of halogens is 2. The summed E-state index contributed by atoms with van der Waals surface area (Å²) in [6.07, 6.45) is 0. The molecule has 1 rings (SSSR count). The summed E-state index contributed by atoms with van der Waals surface area (Å²) in [7, 11) is 0. The number of hydrogen-bond donors (Lipinski definition) is 1. The SMILES string of the molecule is O=S(O)c1ccc(Cl)cc1Cl.[NaH]. The van der Waals surface area contributed by atoms with E-state index in [4.69, 9.17) is 27.8 Å². The van der Waals surface area contributed by atoms with E-state index in [1.807, 2.05) is 0 Å². The van der Waals surface area contributed by atoms with Crippen LogP contribution in [0.25, 0.3) is 0 Å². The molecule has 6 heteroatoms. The third kappa shape index (κ3) is 3.34. The normalized spacial score (nSPS) is 11.9. The first kappa shape index (κ1) is 12.9. The van der Waals surface area contributed by atoms with Crippen LogP contribution in [0.15, 0.2) is 23.1 Å². The number of rotatable bonds is 1. The van der Waals surface area contributed by atoms with E-state index >= 15 is 0 Å². The summed E-state index contributed by atoms with van der Waals surface area (Å²) in [6, 6.07) is 4.35. The summed E-state index contributed by atoms with van der Waals surface area (Å²) in [5.74, 6) is 0. The molecule has 0 aliphatic heterocycles. The zero-order chi connectivity index (χ0) is 8.43. The van der Waals surface area contributed by atoms with Gasteiger partial charge in [0, 0.05) is 5.02 Å². The first-order valence-electron chi connectivity index (χ1n) is 2.67. The monoisotopic (exact) mass is 234 g/mol. The van der Waals surface area contributed by atoms with Gasteiger partial charge in [0.15, 0.2) is 11.1 Å². The van der Waals surface area contributed by atoms with Crippen molar-refractivity contribution in [3.05, 3.63) is 28.2 Å². The van der Waals surface area contributed by atoms with E-state index in [9.17, 15) is 4.21 Å². The Bertz CT molecular complexity index is 306. The van der Waals surface area contributed by atoms with Crippen LogP contribution in [0.2, 0.25) is 10.0 Å². The maximum absolute atomic E-state index is 10.5. The Morgan fingerprint density at radius 2 is 1.92 bits per heavy atom. The van der Waals surface area contributed by atoms with Gasteiger partial charge in [-0.05, 0) is 18.2 Å². The van der Waals surface area contributed by atoms with E-state index in [0.717, 1.165) is 0 Å². The molecule has 1 N–H and O–H groups in total. The van der Waals surface area contributed by atoms with Gasteiger partial charge in [-0.2, -0.15) is 0 Å². The Morgan fingerprint density at radius 3 is 2.33 bits per heavy atom. The van der Waals surface area contributed by atoms with Crippen LogP contribution < -0.4 is 0 Å². The van der Waals surface area contributed by atoms with Crippen LogP contribution in [0.1, 0.15) is 0 Å². The van der Waals surface area contributed by atoms with Gasteiger partial charge in [-0.25, -0.2) is 4.21 Å². The fourth-order valence-electron chi connectivity index (χ4n) is 0.617. The summed E-state index contributed by atoms with van der Waals surface area (Å²) >= 11 is 9.10. The second-order valence-corrected chi connectivity index (χ2v) is 3.61. The fourth-order valence-corrected chi connectivity index (χ4v) is 1.63. The number of hydrogen-bond acceptors (Lipinski definition) is 1. The summed E-state index contributed by atoms with van der Waals surface area (Å²) in [5.41, 5.74) is 0. The van der Waals surface area contributed by atoms with E-state index in [1.165, 1.54) is 18.2 Å². The van der Waals surface area contributed by atoms with Crippen molar-refractivity contribution in [2.75, 3.05) is 0 Å². The zero-order valence-electron chi connectivity index (χ0n) is 5.25. The molecule has 0 fully saturated rings. The standard InChI is InChI=1S/C6H4Cl2O2S.Na.H/c7-4-1-2-6(11(9)10)5(8)3-4;;/h1-3H,(H,9,10);;. The van der Waals surface area contributed by atoms with Gasteiger partial charge >= 0.3 is 29.6 Å². The van der Waals surface area contributed by atoms with E-state index in [2.05, 4.69) is 0 Å². The van der Waals surface area contributed by atoms with Crippen LogP contribution in [0.3, 0.4) is 0 Å². The van der Waals surface area contributed by atoms with Gasteiger partial charge in [-0.1, -0.05) is 23.2 Å². The second kappa shape index (κ2) is 5.60. The second-order valence-electron chi connectivity index (χ2n) is 1.82. The van der Waals surface area contributed by atoms with Crippen molar-refractivity contribution >= 4 is 63.8 Å². The molecule has 0 aliphatic carbocycles. The van der Waals surface area contributed by atoms with Gasteiger partial charge in [-0.15, -0.1) is 0 Å². The summed E-state index contributed by atoms with van der Waals surface area (Å²) in [4.78, 5) is 0.177. The topological polar surface area (TPSA) is 37.3 Å². The molecule has 1 atom stereocenters. The van der Waals surface area contributed by atoms with Gasteiger partial charge in [0.25, 0.3) is 0 Å². The van der Waals surface area contributed by atoms with Crippen molar-refractivity contribution in [3.8, 4) is 0 Å². The van der Waals surface area contributed by atoms with Gasteiger partial charge < -0.3 is 4.55 Å². The van der Waals surface area contributed by atoms with Crippen LogP contribution >= 0.6 is 23.2 Å². The Morgan fingerprint density at radius 1 is 1.33 bits per heavy atom. The van der Waals surface area contributed by atoms with E-state index in [1.54, 1.807) is 0 Å². The third-order valence-corrected chi connectivity index (χ3v) is 2.47. The van der Waals surface area contributed by atoms with Crippen molar-refractivity contribution in [1.29, 1.82) is 0 Å². The molecule has 1 unspecified atom stereocenters. The number of benzene rings is 1. The van der Waals surface area contributed by atoms with Crippen LogP contribution in [0.4, 0.5) is 0 Å². The van der Waals surface area contributed by atoms with Crippen molar-refractivity contribution in [3.63, 3.8) is 0 Å². The molecule has 0 saturated heterocycles. The third-order valence-electron chi connectivity index (χ3n) is 1.08. The van der Waals surface area contributed by atoms with Crippen molar-refractivity contribution in [2.45, 2.75) is 4.90 Å². The predicted octanol–water partition coefficient (Wildman–Crippen LogP) is 1.93. The molecular formula is C6H5Cl2NaO2S. The minimum atomic E-state index is -2.04. The van der Waals surface area contributed by atoms with Crippen molar-refractivity contribution in [1.82, 2.24) is 0 Å². The molecular weight excluding hydrogens is 230 g/mol. The molecule has 0 radical (unpaired) electrons. The molecule has 0 amide bonds. The van der Waals surface area contributed by atoms with Crippen LogP contribution in [-0.2, 0) is 11.1 Å². The summed E-state index contributed by atoms with van der Waals surface area (Å²) < 4.78 is 19.2. The van der Waals surface area contributed by atoms with Gasteiger partial charge in [0.1, 0.15) is 0 Å². The first-order chi connectivity index (χ1) is 5.11. The van der Waals surface area contributed by atoms with Crippen LogP contribution in [0, 0.1) is 0 Å².